The van der Waals surface area contributed by atoms with Gasteiger partial charge in [-0.25, -0.2) is 9.78 Å². The van der Waals surface area contributed by atoms with Crippen LogP contribution in [0.15, 0.2) is 24.3 Å². The molecule has 1 aromatic carbocycles. The van der Waals surface area contributed by atoms with Crippen LogP contribution < -0.4 is 5.32 Å². The predicted octanol–water partition coefficient (Wildman–Crippen LogP) is 3.06. The van der Waals surface area contributed by atoms with Gasteiger partial charge in [0.25, 0.3) is 0 Å². The fourth-order valence-electron chi connectivity index (χ4n) is 2.95. The van der Waals surface area contributed by atoms with E-state index in [9.17, 15) is 14.4 Å². The van der Waals surface area contributed by atoms with Crippen molar-refractivity contribution in [3.8, 4) is 11.3 Å². The van der Waals surface area contributed by atoms with Gasteiger partial charge in [-0.15, -0.1) is 11.3 Å². The Kier molecular flexibility index (Phi) is 6.31. The molecule has 0 unspecified atom stereocenters. The van der Waals surface area contributed by atoms with Crippen molar-refractivity contribution < 1.29 is 14.4 Å². The molecule has 1 aliphatic heterocycles. The van der Waals surface area contributed by atoms with Crippen LogP contribution >= 0.6 is 22.9 Å². The van der Waals surface area contributed by atoms with E-state index >= 15 is 0 Å². The van der Waals surface area contributed by atoms with Gasteiger partial charge in [0.1, 0.15) is 11.6 Å². The maximum atomic E-state index is 12.1. The first kappa shape index (κ1) is 20.3. The van der Waals surface area contributed by atoms with Crippen molar-refractivity contribution in [1.29, 1.82) is 0 Å². The number of hydrogen-bond donors (Lipinski definition) is 1. The van der Waals surface area contributed by atoms with Gasteiger partial charge in [0.2, 0.25) is 11.8 Å². The average molecular weight is 421 g/mol. The van der Waals surface area contributed by atoms with Gasteiger partial charge in [0.05, 0.1) is 12.2 Å². The molecule has 0 atom stereocenters. The number of amides is 4. The quantitative estimate of drug-likeness (QED) is 0.698. The summed E-state index contributed by atoms with van der Waals surface area (Å²) >= 11 is 7.47. The number of aromatic nitrogens is 1. The molecule has 1 saturated heterocycles. The molecule has 7 nitrogen and oxygen atoms in total. The second-order valence-corrected chi connectivity index (χ2v) is 8.31. The Labute approximate surface area is 172 Å². The number of benzene rings is 1. The third-order valence-electron chi connectivity index (χ3n) is 4.41. The van der Waals surface area contributed by atoms with Gasteiger partial charge in [-0.2, -0.15) is 0 Å². The minimum atomic E-state index is -0.307. The molecule has 3 rings (SSSR count). The van der Waals surface area contributed by atoms with Crippen molar-refractivity contribution >= 4 is 40.8 Å². The van der Waals surface area contributed by atoms with E-state index in [-0.39, 0.29) is 37.4 Å². The number of nitrogens with zero attached hydrogens (tertiary/aromatic N) is 3. The van der Waals surface area contributed by atoms with Gasteiger partial charge in [-0.3, -0.25) is 14.5 Å². The zero-order valence-corrected chi connectivity index (χ0v) is 17.3. The second-order valence-electron chi connectivity index (χ2n) is 6.58. The van der Waals surface area contributed by atoms with Crippen LogP contribution in [0.3, 0.4) is 0 Å². The van der Waals surface area contributed by atoms with E-state index in [4.69, 9.17) is 11.6 Å². The number of imide groups is 1. The highest BCUT2D eigenvalue weighted by Crippen LogP contribution is 2.28. The molecule has 0 bridgehead atoms. The lowest BCUT2D eigenvalue weighted by Gasteiger charge is -2.13. The summed E-state index contributed by atoms with van der Waals surface area (Å²) in [7, 11) is 1.58. The van der Waals surface area contributed by atoms with E-state index in [1.54, 1.807) is 7.05 Å². The molecule has 0 radical (unpaired) electrons. The predicted molar refractivity (Wildman–Crippen MR) is 108 cm³/mol. The summed E-state index contributed by atoms with van der Waals surface area (Å²) in [4.78, 5) is 43.8. The Hall–Kier alpha value is -2.45. The number of halogens is 1. The number of likely N-dealkylation sites (N-methyl/N-ethyl adjacent to an activating group) is 1. The van der Waals surface area contributed by atoms with Gasteiger partial charge in [0, 0.05) is 35.5 Å². The van der Waals surface area contributed by atoms with E-state index in [2.05, 4.69) is 10.3 Å². The second kappa shape index (κ2) is 8.70. The Morgan fingerprint density at radius 1 is 1.29 bits per heavy atom. The first-order valence-corrected chi connectivity index (χ1v) is 10.1. The topological polar surface area (TPSA) is 82.6 Å². The largest absolute Gasteiger partial charge is 0.350 e. The number of carbonyl (C=O) groups is 3. The Morgan fingerprint density at radius 2 is 2.00 bits per heavy atom. The number of hydrogen-bond acceptors (Lipinski definition) is 5. The molecule has 28 heavy (non-hydrogen) atoms. The van der Waals surface area contributed by atoms with Crippen LogP contribution in [0.2, 0.25) is 5.02 Å². The molecule has 9 heteroatoms. The summed E-state index contributed by atoms with van der Waals surface area (Å²) in [6.07, 6.45) is 0.680. The van der Waals surface area contributed by atoms with E-state index < -0.39 is 0 Å². The fraction of sp³-hybridized carbons (Fsp3) is 0.368. The third kappa shape index (κ3) is 4.69. The maximum Gasteiger partial charge on any atom is 0.326 e. The molecule has 0 aliphatic carbocycles. The summed E-state index contributed by atoms with van der Waals surface area (Å²) in [5.41, 5.74) is 1.88. The highest BCUT2D eigenvalue weighted by molar-refractivity contribution is 7.12. The van der Waals surface area contributed by atoms with Gasteiger partial charge >= 0.3 is 6.03 Å². The number of carbonyl (C=O) groups excluding carboxylic acids is 3. The lowest BCUT2D eigenvalue weighted by Crippen LogP contribution is -2.33. The van der Waals surface area contributed by atoms with E-state index in [1.807, 2.05) is 31.2 Å². The fourth-order valence-corrected chi connectivity index (χ4v) is 3.97. The molecule has 1 fully saturated rings. The molecule has 1 aromatic heterocycles. The van der Waals surface area contributed by atoms with Crippen LogP contribution in [0, 0.1) is 6.92 Å². The van der Waals surface area contributed by atoms with Crippen molar-refractivity contribution in [2.75, 3.05) is 20.1 Å². The zero-order valence-electron chi connectivity index (χ0n) is 15.7. The van der Waals surface area contributed by atoms with Crippen molar-refractivity contribution in [2.24, 2.45) is 0 Å². The highest BCUT2D eigenvalue weighted by Gasteiger charge is 2.32. The molecule has 1 N–H and O–H groups in total. The number of aryl methyl sites for hydroxylation is 1. The van der Waals surface area contributed by atoms with Crippen molar-refractivity contribution in [1.82, 2.24) is 20.1 Å². The molecule has 2 heterocycles. The number of thiazole rings is 1. The lowest BCUT2D eigenvalue weighted by atomic mass is 10.1. The average Bonchev–Trinajstić information content (AvgIpc) is 3.14. The van der Waals surface area contributed by atoms with Crippen LogP contribution in [-0.2, 0) is 16.1 Å². The van der Waals surface area contributed by atoms with E-state index in [1.165, 1.54) is 21.1 Å². The van der Waals surface area contributed by atoms with Gasteiger partial charge in [-0.05, 0) is 25.5 Å². The molecule has 2 aromatic rings. The van der Waals surface area contributed by atoms with Gasteiger partial charge in [0.15, 0.2) is 0 Å². The maximum absolute atomic E-state index is 12.1. The number of nitrogens with one attached hydrogen (secondary N) is 1. The Morgan fingerprint density at radius 3 is 2.64 bits per heavy atom. The van der Waals surface area contributed by atoms with Crippen molar-refractivity contribution in [3.63, 3.8) is 0 Å². The number of urea groups is 1. The molecular formula is C19H21ClN4O3S. The van der Waals surface area contributed by atoms with Crippen LogP contribution in [0.5, 0.6) is 0 Å². The lowest BCUT2D eigenvalue weighted by molar-refractivity contribution is -0.126. The summed E-state index contributed by atoms with van der Waals surface area (Å²) in [5, 5.41) is 4.34. The van der Waals surface area contributed by atoms with E-state index in [0.29, 0.717) is 18.0 Å². The van der Waals surface area contributed by atoms with E-state index in [0.717, 1.165) is 21.1 Å². The molecular weight excluding hydrogens is 400 g/mol. The van der Waals surface area contributed by atoms with Crippen molar-refractivity contribution in [3.05, 3.63) is 39.2 Å². The van der Waals surface area contributed by atoms with Crippen molar-refractivity contribution in [2.45, 2.75) is 26.3 Å². The minimum Gasteiger partial charge on any atom is -0.350 e. The zero-order chi connectivity index (χ0) is 20.3. The molecule has 0 saturated carbocycles. The summed E-state index contributed by atoms with van der Waals surface area (Å²) in [5.74, 6) is -0.353. The highest BCUT2D eigenvalue weighted by atomic mass is 35.5. The molecule has 1 aliphatic rings. The van der Waals surface area contributed by atoms with Crippen LogP contribution in [0.25, 0.3) is 11.3 Å². The molecule has 148 valence electrons. The number of rotatable bonds is 7. The Bertz CT molecular complexity index is 897. The SMILES string of the molecule is Cc1sc(CNC(=O)CCCN2C(=O)CN(C)C2=O)nc1-c1ccc(Cl)cc1. The van der Waals surface area contributed by atoms with Gasteiger partial charge in [-0.1, -0.05) is 23.7 Å². The molecule has 0 spiro atoms. The first-order valence-electron chi connectivity index (χ1n) is 8.89. The Balaban J connectivity index is 1.47. The van der Waals surface area contributed by atoms with Crippen LogP contribution in [-0.4, -0.2) is 52.8 Å². The first-order chi connectivity index (χ1) is 13.3. The summed E-state index contributed by atoms with van der Waals surface area (Å²) in [6, 6.07) is 7.18. The standard InChI is InChI=1S/C19H21ClN4O3S/c1-12-18(13-5-7-14(20)8-6-13)22-16(28-12)10-21-15(25)4-3-9-24-17(26)11-23(2)19(24)27/h5-8H,3-4,9-11H2,1-2H3,(H,21,25). The van der Waals surface area contributed by atoms with Crippen LogP contribution in [0.4, 0.5) is 4.79 Å². The summed E-state index contributed by atoms with van der Waals surface area (Å²) in [6.45, 7) is 2.70. The monoisotopic (exact) mass is 420 g/mol. The smallest absolute Gasteiger partial charge is 0.326 e. The summed E-state index contributed by atoms with van der Waals surface area (Å²) < 4.78 is 0. The van der Waals surface area contributed by atoms with Crippen LogP contribution in [0.1, 0.15) is 22.7 Å². The van der Waals surface area contributed by atoms with Gasteiger partial charge < -0.3 is 10.2 Å². The molecule has 4 amide bonds. The normalized spacial score (nSPS) is 14.1. The third-order valence-corrected chi connectivity index (χ3v) is 5.63. The minimum absolute atomic E-state index is 0.102.